The summed E-state index contributed by atoms with van der Waals surface area (Å²) >= 11 is 0. The minimum absolute atomic E-state index is 0.102. The molecule has 2 aromatic rings. The molecule has 144 valence electrons. The first-order chi connectivity index (χ1) is 13.2. The normalized spacial score (nSPS) is 15.6. The lowest BCUT2D eigenvalue weighted by Crippen LogP contribution is -2.48. The molecule has 0 N–H and O–H groups in total. The highest BCUT2D eigenvalue weighted by molar-refractivity contribution is 5.92. The van der Waals surface area contributed by atoms with Gasteiger partial charge in [-0.25, -0.2) is 9.37 Å². The molecule has 1 amide bonds. The number of benzene rings is 1. The van der Waals surface area contributed by atoms with Crippen LogP contribution in [0.25, 0.3) is 0 Å². The molecule has 0 radical (unpaired) electrons. The number of carbonyl (C=O) groups excluding carboxylic acids is 1. The van der Waals surface area contributed by atoms with Crippen LogP contribution in [0, 0.1) is 5.82 Å². The summed E-state index contributed by atoms with van der Waals surface area (Å²) < 4.78 is 14.1. The maximum absolute atomic E-state index is 14.1. The van der Waals surface area contributed by atoms with Gasteiger partial charge in [-0.15, -0.1) is 0 Å². The largest absolute Gasteiger partial charge is 0.299 e. The van der Waals surface area contributed by atoms with Crippen LogP contribution < -0.4 is 4.90 Å². The van der Waals surface area contributed by atoms with E-state index in [9.17, 15) is 9.18 Å². The Hall–Kier alpha value is -2.31. The summed E-state index contributed by atoms with van der Waals surface area (Å²) in [6.07, 6.45) is 1.86. The van der Waals surface area contributed by atoms with E-state index in [-0.39, 0.29) is 11.7 Å². The number of pyridine rings is 1. The molecule has 2 heterocycles. The fourth-order valence-electron chi connectivity index (χ4n) is 3.37. The Bertz CT molecular complexity index is 732. The highest BCUT2D eigenvalue weighted by Gasteiger charge is 2.22. The van der Waals surface area contributed by atoms with Crippen LogP contribution in [0.15, 0.2) is 48.7 Å². The number of aromatic nitrogens is 1. The van der Waals surface area contributed by atoms with Gasteiger partial charge in [0.2, 0.25) is 5.91 Å². The molecule has 1 aliphatic heterocycles. The number of rotatable bonds is 7. The van der Waals surface area contributed by atoms with Crippen molar-refractivity contribution >= 4 is 11.7 Å². The number of nitrogens with zero attached hydrogens (tertiary/aromatic N) is 4. The first kappa shape index (κ1) is 19.5. The van der Waals surface area contributed by atoms with Crippen LogP contribution in [0.3, 0.4) is 0 Å². The van der Waals surface area contributed by atoms with Crippen molar-refractivity contribution in [2.75, 3.05) is 44.2 Å². The van der Waals surface area contributed by atoms with E-state index in [2.05, 4.69) is 39.0 Å². The molecule has 6 heteroatoms. The van der Waals surface area contributed by atoms with Gasteiger partial charge in [0.1, 0.15) is 0 Å². The third-order valence-corrected chi connectivity index (χ3v) is 4.95. The first-order valence-electron chi connectivity index (χ1n) is 9.57. The molecule has 1 aromatic heterocycles. The molecule has 1 aromatic carbocycles. The van der Waals surface area contributed by atoms with Gasteiger partial charge in [0.25, 0.3) is 0 Å². The average molecular weight is 370 g/mol. The summed E-state index contributed by atoms with van der Waals surface area (Å²) in [4.78, 5) is 22.6. The molecule has 0 saturated carbocycles. The summed E-state index contributed by atoms with van der Waals surface area (Å²) in [6.45, 7) is 7.83. The summed E-state index contributed by atoms with van der Waals surface area (Å²) in [5.41, 5.74) is 1.33. The molecule has 0 unspecified atom stereocenters. The van der Waals surface area contributed by atoms with E-state index in [0.717, 1.165) is 39.3 Å². The Morgan fingerprint density at radius 3 is 2.44 bits per heavy atom. The van der Waals surface area contributed by atoms with Crippen molar-refractivity contribution in [1.82, 2.24) is 14.8 Å². The van der Waals surface area contributed by atoms with Crippen molar-refractivity contribution in [1.29, 1.82) is 0 Å². The molecule has 0 aliphatic carbocycles. The number of amides is 1. The van der Waals surface area contributed by atoms with Crippen molar-refractivity contribution in [2.45, 2.75) is 19.9 Å². The summed E-state index contributed by atoms with van der Waals surface area (Å²) in [5, 5.41) is 0. The Morgan fingerprint density at radius 1 is 1.07 bits per heavy atom. The lowest BCUT2D eigenvalue weighted by molar-refractivity contribution is -0.118. The average Bonchev–Trinajstić information content (AvgIpc) is 2.71. The molecule has 5 nitrogen and oxygen atoms in total. The Kier molecular flexibility index (Phi) is 6.90. The molecule has 1 aliphatic rings. The summed E-state index contributed by atoms with van der Waals surface area (Å²) in [5.74, 6) is -0.422. The van der Waals surface area contributed by atoms with E-state index in [1.54, 1.807) is 13.0 Å². The minimum Gasteiger partial charge on any atom is -0.299 e. The van der Waals surface area contributed by atoms with Crippen LogP contribution in [0.1, 0.15) is 18.9 Å². The summed E-state index contributed by atoms with van der Waals surface area (Å²) in [6, 6.07) is 13.4. The zero-order valence-electron chi connectivity index (χ0n) is 15.9. The second-order valence-electron chi connectivity index (χ2n) is 6.81. The molecular formula is C21H27FN4O. The van der Waals surface area contributed by atoms with Gasteiger partial charge in [0, 0.05) is 58.4 Å². The van der Waals surface area contributed by atoms with Crippen molar-refractivity contribution in [3.8, 4) is 0 Å². The van der Waals surface area contributed by atoms with Crippen molar-refractivity contribution in [2.24, 2.45) is 0 Å². The van der Waals surface area contributed by atoms with E-state index in [1.807, 2.05) is 6.07 Å². The molecule has 0 atom stereocenters. The quantitative estimate of drug-likeness (QED) is 0.751. The Labute approximate surface area is 160 Å². The Morgan fingerprint density at radius 2 is 1.78 bits per heavy atom. The lowest BCUT2D eigenvalue weighted by Gasteiger charge is -2.35. The standard InChI is InChI=1S/C21H27FN4O/c1-2-20(27)26(21-19(22)9-6-10-23-21)16-15-24-11-13-25(14-12-24)17-18-7-4-3-5-8-18/h3-10H,2,11-17H2,1H3. The zero-order chi connectivity index (χ0) is 19.1. The van der Waals surface area contributed by atoms with Crippen molar-refractivity contribution < 1.29 is 9.18 Å². The van der Waals surface area contributed by atoms with E-state index in [4.69, 9.17) is 0 Å². The van der Waals surface area contributed by atoms with E-state index >= 15 is 0 Å². The number of hydrogen-bond acceptors (Lipinski definition) is 4. The van der Waals surface area contributed by atoms with Gasteiger partial charge in [-0.1, -0.05) is 37.3 Å². The fraction of sp³-hybridized carbons (Fsp3) is 0.429. The summed E-state index contributed by atoms with van der Waals surface area (Å²) in [7, 11) is 0. The van der Waals surface area contributed by atoms with Gasteiger partial charge in [-0.2, -0.15) is 0 Å². The van der Waals surface area contributed by atoms with Crippen LogP contribution in [0.5, 0.6) is 0 Å². The molecule has 1 fully saturated rings. The number of anilines is 1. The van der Waals surface area contributed by atoms with Gasteiger partial charge < -0.3 is 0 Å². The minimum atomic E-state index is -0.452. The van der Waals surface area contributed by atoms with Gasteiger partial charge in [0.15, 0.2) is 11.6 Å². The van der Waals surface area contributed by atoms with Gasteiger partial charge in [0.05, 0.1) is 0 Å². The predicted molar refractivity (Wildman–Crippen MR) is 105 cm³/mol. The molecule has 0 bridgehead atoms. The molecule has 27 heavy (non-hydrogen) atoms. The lowest BCUT2D eigenvalue weighted by atomic mass is 10.2. The number of carbonyl (C=O) groups is 1. The highest BCUT2D eigenvalue weighted by atomic mass is 19.1. The molecule has 3 rings (SSSR count). The van der Waals surface area contributed by atoms with E-state index in [1.165, 1.54) is 22.7 Å². The van der Waals surface area contributed by atoms with Crippen LogP contribution in [-0.4, -0.2) is 60.0 Å². The second-order valence-corrected chi connectivity index (χ2v) is 6.81. The van der Waals surface area contributed by atoms with Gasteiger partial charge >= 0.3 is 0 Å². The van der Waals surface area contributed by atoms with E-state index in [0.29, 0.717) is 13.0 Å². The van der Waals surface area contributed by atoms with Crippen LogP contribution >= 0.6 is 0 Å². The maximum Gasteiger partial charge on any atom is 0.227 e. The second kappa shape index (κ2) is 9.58. The fourth-order valence-corrected chi connectivity index (χ4v) is 3.37. The third kappa shape index (κ3) is 5.34. The number of hydrogen-bond donors (Lipinski definition) is 0. The molecule has 1 saturated heterocycles. The molecule has 0 spiro atoms. The van der Waals surface area contributed by atoms with Crippen LogP contribution in [0.4, 0.5) is 10.2 Å². The van der Waals surface area contributed by atoms with Crippen LogP contribution in [-0.2, 0) is 11.3 Å². The molecular weight excluding hydrogens is 343 g/mol. The number of piperazine rings is 1. The van der Waals surface area contributed by atoms with Gasteiger partial charge in [-0.3, -0.25) is 19.5 Å². The highest BCUT2D eigenvalue weighted by Crippen LogP contribution is 2.17. The zero-order valence-corrected chi connectivity index (χ0v) is 15.9. The smallest absolute Gasteiger partial charge is 0.227 e. The van der Waals surface area contributed by atoms with Crippen molar-refractivity contribution in [3.63, 3.8) is 0 Å². The SMILES string of the molecule is CCC(=O)N(CCN1CCN(Cc2ccccc2)CC1)c1ncccc1F. The third-order valence-electron chi connectivity index (χ3n) is 4.95. The van der Waals surface area contributed by atoms with Gasteiger partial charge in [-0.05, 0) is 17.7 Å². The monoisotopic (exact) mass is 370 g/mol. The first-order valence-corrected chi connectivity index (χ1v) is 9.57. The predicted octanol–water partition coefficient (Wildman–Crippen LogP) is 2.78. The van der Waals surface area contributed by atoms with Crippen LogP contribution in [0.2, 0.25) is 0 Å². The maximum atomic E-state index is 14.1. The van der Waals surface area contributed by atoms with Crippen molar-refractivity contribution in [3.05, 3.63) is 60.0 Å². The topological polar surface area (TPSA) is 39.7 Å². The van der Waals surface area contributed by atoms with E-state index < -0.39 is 5.82 Å². The number of halogens is 1. The Balaban J connectivity index is 1.52.